The highest BCUT2D eigenvalue weighted by molar-refractivity contribution is 7.98. The SMILES string of the molecule is COC(=O)[C@@H](CCSC)NC(=O)CCC(=O)c1ccc(-c2ccccc2)cc1. The van der Waals surface area contributed by atoms with E-state index in [1.165, 1.54) is 7.11 Å². The molecule has 2 aromatic rings. The molecule has 0 aliphatic rings. The van der Waals surface area contributed by atoms with Crippen LogP contribution in [0.5, 0.6) is 0 Å². The second-order valence-electron chi connectivity index (χ2n) is 6.29. The maximum absolute atomic E-state index is 12.4. The van der Waals surface area contributed by atoms with Gasteiger partial charge in [0.25, 0.3) is 0 Å². The molecule has 0 radical (unpaired) electrons. The summed E-state index contributed by atoms with van der Waals surface area (Å²) in [4.78, 5) is 36.3. The number of esters is 1. The van der Waals surface area contributed by atoms with Crippen molar-refractivity contribution in [3.63, 3.8) is 0 Å². The van der Waals surface area contributed by atoms with Crippen molar-refractivity contribution in [2.45, 2.75) is 25.3 Å². The number of benzene rings is 2. The smallest absolute Gasteiger partial charge is 0.328 e. The third kappa shape index (κ3) is 6.53. The predicted molar refractivity (Wildman–Crippen MR) is 112 cm³/mol. The van der Waals surface area contributed by atoms with E-state index in [0.717, 1.165) is 16.9 Å². The third-order valence-electron chi connectivity index (χ3n) is 4.32. The van der Waals surface area contributed by atoms with Gasteiger partial charge in [-0.15, -0.1) is 0 Å². The van der Waals surface area contributed by atoms with Crippen LogP contribution in [0.15, 0.2) is 54.6 Å². The number of Topliss-reactive ketones (excluding diaryl/α,β-unsaturated/α-hetero) is 1. The second kappa shape index (κ2) is 11.3. The van der Waals surface area contributed by atoms with Crippen LogP contribution in [0.1, 0.15) is 29.6 Å². The molecule has 0 bridgehead atoms. The molecule has 148 valence electrons. The van der Waals surface area contributed by atoms with Gasteiger partial charge in [0.1, 0.15) is 6.04 Å². The van der Waals surface area contributed by atoms with E-state index in [9.17, 15) is 14.4 Å². The zero-order valence-electron chi connectivity index (χ0n) is 16.1. The molecule has 1 atom stereocenters. The summed E-state index contributed by atoms with van der Waals surface area (Å²) >= 11 is 1.59. The van der Waals surface area contributed by atoms with E-state index in [1.54, 1.807) is 23.9 Å². The van der Waals surface area contributed by atoms with Gasteiger partial charge in [-0.1, -0.05) is 54.6 Å². The van der Waals surface area contributed by atoms with Crippen molar-refractivity contribution in [3.05, 3.63) is 60.2 Å². The van der Waals surface area contributed by atoms with Crippen LogP contribution in [0, 0.1) is 0 Å². The molecule has 0 heterocycles. The highest BCUT2D eigenvalue weighted by Gasteiger charge is 2.21. The first-order valence-electron chi connectivity index (χ1n) is 9.10. The Bertz CT molecular complexity index is 790. The minimum absolute atomic E-state index is 0.0338. The average molecular weight is 400 g/mol. The van der Waals surface area contributed by atoms with Gasteiger partial charge in [0.05, 0.1) is 7.11 Å². The van der Waals surface area contributed by atoms with E-state index in [1.807, 2.05) is 48.7 Å². The lowest BCUT2D eigenvalue weighted by atomic mass is 10.0. The molecule has 28 heavy (non-hydrogen) atoms. The van der Waals surface area contributed by atoms with Crippen LogP contribution in [0.25, 0.3) is 11.1 Å². The Labute approximate surface area is 169 Å². The molecule has 5 nitrogen and oxygen atoms in total. The predicted octanol–water partition coefficient (Wildman–Crippen LogP) is 3.73. The molecule has 1 amide bonds. The molecular formula is C22H25NO4S. The number of carbonyl (C=O) groups is 3. The van der Waals surface area contributed by atoms with Crippen LogP contribution in [0.3, 0.4) is 0 Å². The Kier molecular flexibility index (Phi) is 8.75. The molecule has 2 aromatic carbocycles. The van der Waals surface area contributed by atoms with Gasteiger partial charge in [-0.2, -0.15) is 11.8 Å². The Morgan fingerprint density at radius 2 is 1.61 bits per heavy atom. The standard InChI is InChI=1S/C22H25NO4S/c1-27-22(26)19(14-15-28-2)23-21(25)13-12-20(24)18-10-8-17(9-11-18)16-6-4-3-5-7-16/h3-11,19H,12-15H2,1-2H3,(H,23,25)/t19-/m1/s1. The average Bonchev–Trinajstić information content (AvgIpc) is 2.75. The number of nitrogens with one attached hydrogen (secondary N) is 1. The van der Waals surface area contributed by atoms with Gasteiger partial charge in [0.2, 0.25) is 5.91 Å². The van der Waals surface area contributed by atoms with Gasteiger partial charge < -0.3 is 10.1 Å². The summed E-state index contributed by atoms with van der Waals surface area (Å²) in [5.41, 5.74) is 2.68. The molecular weight excluding hydrogens is 374 g/mol. The minimum atomic E-state index is -0.676. The molecule has 0 saturated heterocycles. The Balaban J connectivity index is 1.88. The summed E-state index contributed by atoms with van der Waals surface area (Å²) in [5.74, 6) is -0.170. The largest absolute Gasteiger partial charge is 0.467 e. The minimum Gasteiger partial charge on any atom is -0.467 e. The zero-order valence-corrected chi connectivity index (χ0v) is 17.0. The number of thioether (sulfide) groups is 1. The molecule has 0 aliphatic carbocycles. The topological polar surface area (TPSA) is 72.5 Å². The van der Waals surface area contributed by atoms with Crippen LogP contribution >= 0.6 is 11.8 Å². The van der Waals surface area contributed by atoms with E-state index in [-0.39, 0.29) is 24.5 Å². The second-order valence-corrected chi connectivity index (χ2v) is 7.28. The number of ether oxygens (including phenoxy) is 1. The van der Waals surface area contributed by atoms with Crippen molar-refractivity contribution in [2.24, 2.45) is 0 Å². The summed E-state index contributed by atoms with van der Waals surface area (Å²) in [7, 11) is 1.29. The van der Waals surface area contributed by atoms with E-state index in [2.05, 4.69) is 5.32 Å². The van der Waals surface area contributed by atoms with Crippen molar-refractivity contribution in [1.29, 1.82) is 0 Å². The molecule has 0 saturated carbocycles. The van der Waals surface area contributed by atoms with Crippen LogP contribution in [-0.2, 0) is 14.3 Å². The first kappa shape index (κ1) is 21.7. The number of amides is 1. The van der Waals surface area contributed by atoms with Gasteiger partial charge >= 0.3 is 5.97 Å². The molecule has 0 unspecified atom stereocenters. The Morgan fingerprint density at radius 1 is 0.964 bits per heavy atom. The Hall–Kier alpha value is -2.60. The van der Waals surface area contributed by atoms with E-state index in [4.69, 9.17) is 4.74 Å². The Morgan fingerprint density at radius 3 is 2.21 bits per heavy atom. The summed E-state index contributed by atoms with van der Waals surface area (Å²) in [6, 6.07) is 16.6. The number of hydrogen-bond acceptors (Lipinski definition) is 5. The van der Waals surface area contributed by atoms with E-state index >= 15 is 0 Å². The van der Waals surface area contributed by atoms with E-state index in [0.29, 0.717) is 12.0 Å². The van der Waals surface area contributed by atoms with Crippen molar-refractivity contribution in [3.8, 4) is 11.1 Å². The summed E-state index contributed by atoms with van der Waals surface area (Å²) < 4.78 is 4.72. The van der Waals surface area contributed by atoms with Crippen molar-refractivity contribution < 1.29 is 19.1 Å². The fourth-order valence-electron chi connectivity index (χ4n) is 2.74. The quantitative estimate of drug-likeness (QED) is 0.487. The highest BCUT2D eigenvalue weighted by atomic mass is 32.2. The number of rotatable bonds is 10. The number of methoxy groups -OCH3 is 1. The van der Waals surface area contributed by atoms with Crippen LogP contribution in [0.2, 0.25) is 0 Å². The van der Waals surface area contributed by atoms with Gasteiger partial charge in [-0.3, -0.25) is 9.59 Å². The first-order chi connectivity index (χ1) is 13.5. The zero-order chi connectivity index (χ0) is 20.4. The fraction of sp³-hybridized carbons (Fsp3) is 0.318. The lowest BCUT2D eigenvalue weighted by Crippen LogP contribution is -2.42. The van der Waals surface area contributed by atoms with Crippen molar-refractivity contribution in [2.75, 3.05) is 19.1 Å². The molecule has 6 heteroatoms. The molecule has 0 spiro atoms. The molecule has 0 aliphatic heterocycles. The normalized spacial score (nSPS) is 11.5. The molecule has 0 fully saturated rings. The summed E-state index contributed by atoms with van der Waals surface area (Å²) in [6.07, 6.45) is 2.55. The van der Waals surface area contributed by atoms with Crippen LogP contribution < -0.4 is 5.32 Å². The van der Waals surface area contributed by atoms with E-state index < -0.39 is 12.0 Å². The fourth-order valence-corrected chi connectivity index (χ4v) is 3.22. The maximum Gasteiger partial charge on any atom is 0.328 e. The number of carbonyl (C=O) groups excluding carboxylic acids is 3. The van der Waals surface area contributed by atoms with Gasteiger partial charge in [-0.25, -0.2) is 4.79 Å². The highest BCUT2D eigenvalue weighted by Crippen LogP contribution is 2.20. The van der Waals surface area contributed by atoms with Crippen molar-refractivity contribution in [1.82, 2.24) is 5.32 Å². The maximum atomic E-state index is 12.4. The van der Waals surface area contributed by atoms with Crippen molar-refractivity contribution >= 4 is 29.4 Å². The van der Waals surface area contributed by atoms with Crippen LogP contribution in [-0.4, -0.2) is 42.8 Å². The lowest BCUT2D eigenvalue weighted by molar-refractivity contribution is -0.145. The third-order valence-corrected chi connectivity index (χ3v) is 4.97. The monoisotopic (exact) mass is 399 g/mol. The number of ketones is 1. The molecule has 1 N–H and O–H groups in total. The number of hydrogen-bond donors (Lipinski definition) is 1. The molecule has 0 aromatic heterocycles. The lowest BCUT2D eigenvalue weighted by Gasteiger charge is -2.15. The van der Waals surface area contributed by atoms with Gasteiger partial charge in [0, 0.05) is 18.4 Å². The summed E-state index contributed by atoms with van der Waals surface area (Å²) in [6.45, 7) is 0. The first-order valence-corrected chi connectivity index (χ1v) is 10.5. The van der Waals surface area contributed by atoms with Gasteiger partial charge in [0.15, 0.2) is 5.78 Å². The molecule has 2 rings (SSSR count). The summed E-state index contributed by atoms with van der Waals surface area (Å²) in [5, 5.41) is 2.66. The van der Waals surface area contributed by atoms with Gasteiger partial charge in [-0.05, 0) is 29.6 Å². The van der Waals surface area contributed by atoms with Crippen LogP contribution in [0.4, 0.5) is 0 Å².